The maximum Gasteiger partial charge on any atom is 0.224 e. The quantitative estimate of drug-likeness (QED) is 0.884. The number of nitrogens with one attached hydrogen (secondary N) is 2. The summed E-state index contributed by atoms with van der Waals surface area (Å²) in [5.41, 5.74) is 2.50. The van der Waals surface area contributed by atoms with E-state index in [1.54, 1.807) is 7.05 Å². The summed E-state index contributed by atoms with van der Waals surface area (Å²) in [4.78, 5) is 11.6. The zero-order valence-electron chi connectivity index (χ0n) is 12.8. The molecule has 0 spiro atoms. The molecule has 0 heterocycles. The third-order valence-electron chi connectivity index (χ3n) is 4.48. The Morgan fingerprint density at radius 3 is 2.75 bits per heavy atom. The number of likely N-dealkylation sites (N-methyl/N-ethyl adjacent to an activating group) is 1. The van der Waals surface area contributed by atoms with E-state index in [4.69, 9.17) is 0 Å². The Bertz CT molecular complexity index is 468. The Morgan fingerprint density at radius 2 is 2.05 bits per heavy atom. The zero-order valence-corrected chi connectivity index (χ0v) is 12.8. The smallest absolute Gasteiger partial charge is 0.224 e. The number of benzene rings is 1. The lowest BCUT2D eigenvalue weighted by Gasteiger charge is -2.40. The molecule has 1 aromatic rings. The summed E-state index contributed by atoms with van der Waals surface area (Å²) >= 11 is 0. The molecule has 3 nitrogen and oxygen atoms in total. The largest absolute Gasteiger partial charge is 0.382 e. The van der Waals surface area contributed by atoms with E-state index < -0.39 is 0 Å². The molecule has 0 aromatic heterocycles. The number of hydrogen-bond donors (Lipinski definition) is 2. The predicted molar refractivity (Wildman–Crippen MR) is 83.9 cm³/mol. The normalized spacial score (nSPS) is 21.2. The van der Waals surface area contributed by atoms with Crippen LogP contribution in [0.25, 0.3) is 0 Å². The number of amides is 1. The third-order valence-corrected chi connectivity index (χ3v) is 4.48. The fourth-order valence-electron chi connectivity index (χ4n) is 3.03. The number of anilines is 1. The van der Waals surface area contributed by atoms with Crippen LogP contribution in [0.1, 0.15) is 45.1 Å². The SMILES string of the molecule is CNC(=O)Cc1ccccc1NC1CCCCC1(C)C. The van der Waals surface area contributed by atoms with Crippen molar-refractivity contribution in [3.63, 3.8) is 0 Å². The first-order valence-corrected chi connectivity index (χ1v) is 7.58. The number of hydrogen-bond acceptors (Lipinski definition) is 2. The van der Waals surface area contributed by atoms with Gasteiger partial charge in [-0.2, -0.15) is 0 Å². The molecule has 1 fully saturated rings. The zero-order chi connectivity index (χ0) is 14.6. The van der Waals surface area contributed by atoms with Gasteiger partial charge >= 0.3 is 0 Å². The van der Waals surface area contributed by atoms with E-state index in [0.717, 1.165) is 11.3 Å². The molecular formula is C17H26N2O. The summed E-state index contributed by atoms with van der Waals surface area (Å²) in [7, 11) is 1.68. The Labute approximate surface area is 122 Å². The number of carbonyl (C=O) groups is 1. The third kappa shape index (κ3) is 3.53. The minimum Gasteiger partial charge on any atom is -0.382 e. The maximum absolute atomic E-state index is 11.6. The van der Waals surface area contributed by atoms with E-state index in [1.165, 1.54) is 25.7 Å². The molecule has 1 saturated carbocycles. The summed E-state index contributed by atoms with van der Waals surface area (Å²) in [5.74, 6) is 0.0576. The Morgan fingerprint density at radius 1 is 1.30 bits per heavy atom. The average molecular weight is 274 g/mol. The van der Waals surface area contributed by atoms with Crippen LogP contribution >= 0.6 is 0 Å². The van der Waals surface area contributed by atoms with Crippen molar-refractivity contribution in [2.24, 2.45) is 5.41 Å². The lowest BCUT2D eigenvalue weighted by atomic mass is 9.73. The highest BCUT2D eigenvalue weighted by Gasteiger charge is 2.32. The van der Waals surface area contributed by atoms with Crippen LogP contribution in [0.3, 0.4) is 0 Å². The molecule has 1 aromatic carbocycles. The van der Waals surface area contributed by atoms with Crippen molar-refractivity contribution in [3.05, 3.63) is 29.8 Å². The van der Waals surface area contributed by atoms with Crippen LogP contribution in [0.2, 0.25) is 0 Å². The van der Waals surface area contributed by atoms with Crippen LogP contribution in [0, 0.1) is 5.41 Å². The molecule has 1 amide bonds. The summed E-state index contributed by atoms with van der Waals surface area (Å²) in [6.07, 6.45) is 5.53. The van der Waals surface area contributed by atoms with E-state index in [9.17, 15) is 4.79 Å². The van der Waals surface area contributed by atoms with Gasteiger partial charge in [0, 0.05) is 18.8 Å². The Hall–Kier alpha value is -1.51. The highest BCUT2D eigenvalue weighted by Crippen LogP contribution is 2.37. The standard InChI is InChI=1S/C17H26N2O/c1-17(2)11-7-6-10-15(17)19-14-9-5-4-8-13(14)12-16(20)18-3/h4-5,8-9,15,19H,6-7,10-12H2,1-3H3,(H,18,20). The van der Waals surface area contributed by atoms with Crippen LogP contribution in [0.4, 0.5) is 5.69 Å². The highest BCUT2D eigenvalue weighted by molar-refractivity contribution is 5.80. The van der Waals surface area contributed by atoms with Gasteiger partial charge in [-0.25, -0.2) is 0 Å². The maximum atomic E-state index is 11.6. The summed E-state index contributed by atoms with van der Waals surface area (Å²) in [5, 5.41) is 6.38. The highest BCUT2D eigenvalue weighted by atomic mass is 16.1. The van der Waals surface area contributed by atoms with E-state index >= 15 is 0 Å². The van der Waals surface area contributed by atoms with Crippen molar-refractivity contribution in [2.45, 2.75) is 52.0 Å². The molecule has 1 aliphatic rings. The van der Waals surface area contributed by atoms with Crippen molar-refractivity contribution in [1.29, 1.82) is 0 Å². The van der Waals surface area contributed by atoms with E-state index in [2.05, 4.69) is 30.5 Å². The molecule has 3 heteroatoms. The fourth-order valence-corrected chi connectivity index (χ4v) is 3.03. The van der Waals surface area contributed by atoms with Gasteiger partial charge in [0.15, 0.2) is 0 Å². The van der Waals surface area contributed by atoms with Gasteiger partial charge in [0.1, 0.15) is 0 Å². The topological polar surface area (TPSA) is 41.1 Å². The van der Waals surface area contributed by atoms with Gasteiger partial charge in [-0.3, -0.25) is 4.79 Å². The molecule has 1 atom stereocenters. The summed E-state index contributed by atoms with van der Waals surface area (Å²) in [6, 6.07) is 8.64. The fraction of sp³-hybridized carbons (Fsp3) is 0.588. The average Bonchev–Trinajstić information content (AvgIpc) is 2.43. The number of para-hydroxylation sites is 1. The molecular weight excluding hydrogens is 248 g/mol. The lowest BCUT2D eigenvalue weighted by molar-refractivity contribution is -0.119. The summed E-state index contributed by atoms with van der Waals surface area (Å²) < 4.78 is 0. The van der Waals surface area contributed by atoms with Crippen molar-refractivity contribution in [2.75, 3.05) is 12.4 Å². The van der Waals surface area contributed by atoms with Crippen LogP contribution in [0.15, 0.2) is 24.3 Å². The second-order valence-electron chi connectivity index (χ2n) is 6.44. The molecule has 0 radical (unpaired) electrons. The lowest BCUT2D eigenvalue weighted by Crippen LogP contribution is -2.39. The van der Waals surface area contributed by atoms with Gasteiger partial charge in [-0.05, 0) is 29.9 Å². The van der Waals surface area contributed by atoms with E-state index in [-0.39, 0.29) is 5.91 Å². The first kappa shape index (κ1) is 14.9. The predicted octanol–water partition coefficient (Wildman–Crippen LogP) is 3.36. The van der Waals surface area contributed by atoms with Gasteiger partial charge < -0.3 is 10.6 Å². The molecule has 0 aliphatic heterocycles. The number of rotatable bonds is 4. The van der Waals surface area contributed by atoms with Gasteiger partial charge in [0.25, 0.3) is 0 Å². The first-order valence-electron chi connectivity index (χ1n) is 7.58. The Balaban J connectivity index is 2.14. The molecule has 110 valence electrons. The van der Waals surface area contributed by atoms with Gasteiger partial charge in [-0.1, -0.05) is 44.9 Å². The van der Waals surface area contributed by atoms with Crippen LogP contribution in [-0.4, -0.2) is 19.0 Å². The molecule has 2 rings (SSSR count). The molecule has 1 unspecified atom stereocenters. The molecule has 0 saturated heterocycles. The minimum absolute atomic E-state index is 0.0576. The van der Waals surface area contributed by atoms with Crippen molar-refractivity contribution >= 4 is 11.6 Å². The van der Waals surface area contributed by atoms with Gasteiger partial charge in [0.2, 0.25) is 5.91 Å². The Kier molecular flexibility index (Phi) is 4.69. The number of carbonyl (C=O) groups excluding carboxylic acids is 1. The first-order chi connectivity index (χ1) is 9.53. The van der Waals surface area contributed by atoms with E-state index in [1.807, 2.05) is 18.2 Å². The second-order valence-corrected chi connectivity index (χ2v) is 6.44. The monoisotopic (exact) mass is 274 g/mol. The minimum atomic E-state index is 0.0576. The molecule has 2 N–H and O–H groups in total. The molecule has 1 aliphatic carbocycles. The van der Waals surface area contributed by atoms with Gasteiger partial charge in [0.05, 0.1) is 6.42 Å². The van der Waals surface area contributed by atoms with Crippen molar-refractivity contribution in [3.8, 4) is 0 Å². The van der Waals surface area contributed by atoms with Crippen LogP contribution < -0.4 is 10.6 Å². The molecule has 20 heavy (non-hydrogen) atoms. The van der Waals surface area contributed by atoms with Crippen molar-refractivity contribution in [1.82, 2.24) is 5.32 Å². The van der Waals surface area contributed by atoms with Crippen molar-refractivity contribution < 1.29 is 4.79 Å². The second kappa shape index (κ2) is 6.29. The van der Waals surface area contributed by atoms with Crippen LogP contribution in [0.5, 0.6) is 0 Å². The summed E-state index contributed by atoms with van der Waals surface area (Å²) in [6.45, 7) is 4.68. The van der Waals surface area contributed by atoms with Crippen LogP contribution in [-0.2, 0) is 11.2 Å². The van der Waals surface area contributed by atoms with Gasteiger partial charge in [-0.15, -0.1) is 0 Å². The molecule has 0 bridgehead atoms. The van der Waals surface area contributed by atoms with E-state index in [0.29, 0.717) is 17.9 Å².